The number of hydrogen-bond donors (Lipinski definition) is 1. The van der Waals surface area contributed by atoms with E-state index in [-0.39, 0.29) is 12.0 Å². The van der Waals surface area contributed by atoms with Crippen LogP contribution in [0.4, 0.5) is 0 Å². The maximum Gasteiger partial charge on any atom is 0.257 e. The number of amides is 1. The van der Waals surface area contributed by atoms with Crippen molar-refractivity contribution in [3.8, 4) is 0 Å². The zero-order chi connectivity index (χ0) is 16.1. The SMILES string of the molecule is Cc1noc2ncc(C(=O)NCCCOC[C@H]3CCCO3)cc12. The lowest BCUT2D eigenvalue weighted by Gasteiger charge is -2.10. The molecule has 0 unspecified atom stereocenters. The summed E-state index contributed by atoms with van der Waals surface area (Å²) in [6.45, 7) is 4.48. The van der Waals surface area contributed by atoms with Gasteiger partial charge in [-0.1, -0.05) is 5.16 Å². The van der Waals surface area contributed by atoms with Gasteiger partial charge in [0.2, 0.25) is 0 Å². The Morgan fingerprint density at radius 2 is 2.43 bits per heavy atom. The lowest BCUT2D eigenvalue weighted by molar-refractivity contribution is 0.0166. The van der Waals surface area contributed by atoms with Crippen molar-refractivity contribution in [2.24, 2.45) is 0 Å². The molecular weight excluding hydrogens is 298 g/mol. The predicted octanol–water partition coefficient (Wildman–Crippen LogP) is 1.85. The van der Waals surface area contributed by atoms with Gasteiger partial charge < -0.3 is 19.3 Å². The van der Waals surface area contributed by atoms with E-state index in [2.05, 4.69) is 15.5 Å². The summed E-state index contributed by atoms with van der Waals surface area (Å²) in [5.41, 5.74) is 1.68. The molecule has 23 heavy (non-hydrogen) atoms. The van der Waals surface area contributed by atoms with E-state index in [0.29, 0.717) is 31.0 Å². The second-order valence-corrected chi connectivity index (χ2v) is 5.66. The summed E-state index contributed by atoms with van der Waals surface area (Å²) in [6, 6.07) is 1.75. The first-order valence-corrected chi connectivity index (χ1v) is 7.93. The Bertz CT molecular complexity index is 664. The van der Waals surface area contributed by atoms with E-state index < -0.39 is 0 Å². The Morgan fingerprint density at radius 3 is 3.26 bits per heavy atom. The van der Waals surface area contributed by atoms with Crippen LogP contribution in [0.1, 0.15) is 35.3 Å². The van der Waals surface area contributed by atoms with Crippen molar-refractivity contribution in [2.75, 3.05) is 26.4 Å². The average molecular weight is 319 g/mol. The Labute approximate surface area is 134 Å². The topological polar surface area (TPSA) is 86.5 Å². The van der Waals surface area contributed by atoms with Crippen molar-refractivity contribution < 1.29 is 18.8 Å². The fourth-order valence-electron chi connectivity index (χ4n) is 2.54. The quantitative estimate of drug-likeness (QED) is 0.784. The van der Waals surface area contributed by atoms with Crippen LogP contribution in [0.15, 0.2) is 16.8 Å². The highest BCUT2D eigenvalue weighted by Crippen LogP contribution is 2.16. The summed E-state index contributed by atoms with van der Waals surface area (Å²) >= 11 is 0. The van der Waals surface area contributed by atoms with Crippen molar-refractivity contribution in [1.82, 2.24) is 15.5 Å². The molecule has 0 aromatic carbocycles. The van der Waals surface area contributed by atoms with Crippen LogP contribution in [0.2, 0.25) is 0 Å². The van der Waals surface area contributed by atoms with Crippen molar-refractivity contribution in [1.29, 1.82) is 0 Å². The van der Waals surface area contributed by atoms with E-state index in [9.17, 15) is 4.79 Å². The molecule has 1 aliphatic heterocycles. The first kappa shape index (κ1) is 15.9. The van der Waals surface area contributed by atoms with Gasteiger partial charge in [0.25, 0.3) is 11.6 Å². The minimum Gasteiger partial charge on any atom is -0.379 e. The Hall–Kier alpha value is -1.99. The second kappa shape index (κ2) is 7.52. The molecule has 1 amide bonds. The summed E-state index contributed by atoms with van der Waals surface area (Å²) in [7, 11) is 0. The van der Waals surface area contributed by atoms with Crippen LogP contribution in [-0.2, 0) is 9.47 Å². The van der Waals surface area contributed by atoms with Crippen molar-refractivity contribution >= 4 is 17.0 Å². The van der Waals surface area contributed by atoms with E-state index in [0.717, 1.165) is 36.9 Å². The average Bonchev–Trinajstić information content (AvgIpc) is 3.20. The largest absolute Gasteiger partial charge is 0.379 e. The molecule has 0 bridgehead atoms. The van der Waals surface area contributed by atoms with Gasteiger partial charge in [-0.05, 0) is 32.3 Å². The maximum absolute atomic E-state index is 12.1. The monoisotopic (exact) mass is 319 g/mol. The van der Waals surface area contributed by atoms with Crippen LogP contribution < -0.4 is 5.32 Å². The molecule has 7 heteroatoms. The fraction of sp³-hybridized carbons (Fsp3) is 0.562. The number of ether oxygens (including phenoxy) is 2. The number of carbonyl (C=O) groups is 1. The smallest absolute Gasteiger partial charge is 0.257 e. The molecule has 1 saturated heterocycles. The van der Waals surface area contributed by atoms with Crippen molar-refractivity contribution in [2.45, 2.75) is 32.3 Å². The first-order valence-electron chi connectivity index (χ1n) is 7.93. The molecule has 0 aliphatic carbocycles. The highest BCUT2D eigenvalue weighted by Gasteiger charge is 2.15. The van der Waals surface area contributed by atoms with Gasteiger partial charge in [-0.15, -0.1) is 0 Å². The predicted molar refractivity (Wildman–Crippen MR) is 83.3 cm³/mol. The number of aryl methyl sites for hydroxylation is 1. The van der Waals surface area contributed by atoms with Gasteiger partial charge in [0.05, 0.1) is 29.4 Å². The Morgan fingerprint density at radius 1 is 1.52 bits per heavy atom. The number of pyridine rings is 1. The van der Waals surface area contributed by atoms with Gasteiger partial charge in [0.15, 0.2) is 0 Å². The second-order valence-electron chi connectivity index (χ2n) is 5.66. The third kappa shape index (κ3) is 4.05. The van der Waals surface area contributed by atoms with E-state index >= 15 is 0 Å². The molecule has 1 fully saturated rings. The molecule has 1 atom stereocenters. The van der Waals surface area contributed by atoms with Gasteiger partial charge in [-0.2, -0.15) is 0 Å². The molecule has 1 aliphatic rings. The maximum atomic E-state index is 12.1. The normalized spacial score (nSPS) is 17.7. The van der Waals surface area contributed by atoms with Crippen LogP contribution in [0.3, 0.4) is 0 Å². The molecule has 3 rings (SSSR count). The Balaban J connectivity index is 1.39. The summed E-state index contributed by atoms with van der Waals surface area (Å²) in [4.78, 5) is 16.2. The Kier molecular flexibility index (Phi) is 5.19. The third-order valence-corrected chi connectivity index (χ3v) is 3.85. The van der Waals surface area contributed by atoms with E-state index in [1.165, 1.54) is 6.20 Å². The molecule has 0 radical (unpaired) electrons. The zero-order valence-corrected chi connectivity index (χ0v) is 13.2. The van der Waals surface area contributed by atoms with Gasteiger partial charge in [-0.3, -0.25) is 4.79 Å². The number of carbonyl (C=O) groups excluding carboxylic acids is 1. The summed E-state index contributed by atoms with van der Waals surface area (Å²) < 4.78 is 16.1. The first-order chi connectivity index (χ1) is 11.2. The molecule has 7 nitrogen and oxygen atoms in total. The van der Waals surface area contributed by atoms with Crippen LogP contribution in [0, 0.1) is 6.92 Å². The number of nitrogens with zero attached hydrogens (tertiary/aromatic N) is 2. The molecule has 0 saturated carbocycles. The molecule has 2 aromatic heterocycles. The third-order valence-electron chi connectivity index (χ3n) is 3.85. The molecule has 0 spiro atoms. The van der Waals surface area contributed by atoms with Crippen LogP contribution >= 0.6 is 0 Å². The lowest BCUT2D eigenvalue weighted by Crippen LogP contribution is -2.25. The van der Waals surface area contributed by atoms with Crippen molar-refractivity contribution in [3.05, 3.63) is 23.5 Å². The number of aromatic nitrogens is 2. The molecule has 124 valence electrons. The molecular formula is C16H21N3O4. The minimum absolute atomic E-state index is 0.154. The van der Waals surface area contributed by atoms with Gasteiger partial charge in [0, 0.05) is 26.0 Å². The van der Waals surface area contributed by atoms with Crippen LogP contribution in [-0.4, -0.2) is 48.5 Å². The van der Waals surface area contributed by atoms with E-state index in [4.69, 9.17) is 14.0 Å². The molecule has 2 aromatic rings. The molecule has 3 heterocycles. The lowest BCUT2D eigenvalue weighted by atomic mass is 10.2. The summed E-state index contributed by atoms with van der Waals surface area (Å²) in [5.74, 6) is -0.154. The van der Waals surface area contributed by atoms with E-state index in [1.807, 2.05) is 6.92 Å². The van der Waals surface area contributed by atoms with Crippen LogP contribution in [0.25, 0.3) is 11.1 Å². The van der Waals surface area contributed by atoms with Gasteiger partial charge in [0.1, 0.15) is 0 Å². The highest BCUT2D eigenvalue weighted by atomic mass is 16.5. The number of hydrogen-bond acceptors (Lipinski definition) is 6. The van der Waals surface area contributed by atoms with Crippen molar-refractivity contribution in [3.63, 3.8) is 0 Å². The standard InChI is InChI=1S/C16H21N3O4/c1-11-14-8-12(9-18-16(14)23-19-11)15(20)17-5-3-6-21-10-13-4-2-7-22-13/h8-9,13H,2-7,10H2,1H3,(H,17,20)/t13-/m1/s1. The molecule has 1 N–H and O–H groups in total. The number of fused-ring (bicyclic) bond motifs is 1. The summed E-state index contributed by atoms with van der Waals surface area (Å²) in [5, 5.41) is 7.45. The number of rotatable bonds is 7. The van der Waals surface area contributed by atoms with Gasteiger partial charge in [-0.25, -0.2) is 4.98 Å². The van der Waals surface area contributed by atoms with E-state index in [1.54, 1.807) is 6.07 Å². The highest BCUT2D eigenvalue weighted by molar-refractivity contribution is 5.96. The zero-order valence-electron chi connectivity index (χ0n) is 13.2. The van der Waals surface area contributed by atoms with Gasteiger partial charge >= 0.3 is 0 Å². The minimum atomic E-state index is -0.154. The van der Waals surface area contributed by atoms with Crippen LogP contribution in [0.5, 0.6) is 0 Å². The summed E-state index contributed by atoms with van der Waals surface area (Å²) in [6.07, 6.45) is 4.70. The fourth-order valence-corrected chi connectivity index (χ4v) is 2.54. The number of nitrogens with one attached hydrogen (secondary N) is 1.